The maximum atomic E-state index is 13.1. The zero-order chi connectivity index (χ0) is 16.4. The van der Waals surface area contributed by atoms with Crippen LogP contribution in [0.1, 0.15) is 16.6 Å². The molecule has 22 heavy (non-hydrogen) atoms. The molecule has 0 bridgehead atoms. The SMILES string of the molecule is NC(=O)c1cn(C2OC(CO)C(=CF)C2=CF)c(=O)nc1N. The van der Waals surface area contributed by atoms with Gasteiger partial charge in [0.25, 0.3) is 5.91 Å². The van der Waals surface area contributed by atoms with Crippen LogP contribution in [0.3, 0.4) is 0 Å². The number of hydrogen-bond donors (Lipinski definition) is 3. The lowest BCUT2D eigenvalue weighted by molar-refractivity contribution is -0.00865. The largest absolute Gasteiger partial charge is 0.393 e. The summed E-state index contributed by atoms with van der Waals surface area (Å²) in [5, 5.41) is 9.12. The number of aliphatic hydroxyl groups excluding tert-OH is 1. The van der Waals surface area contributed by atoms with E-state index >= 15 is 0 Å². The highest BCUT2D eigenvalue weighted by Gasteiger charge is 2.37. The van der Waals surface area contributed by atoms with Crippen LogP contribution in [0.25, 0.3) is 0 Å². The van der Waals surface area contributed by atoms with Gasteiger partial charge >= 0.3 is 5.69 Å². The highest BCUT2D eigenvalue weighted by Crippen LogP contribution is 2.38. The van der Waals surface area contributed by atoms with Crippen molar-refractivity contribution in [2.24, 2.45) is 5.73 Å². The van der Waals surface area contributed by atoms with Gasteiger partial charge in [-0.1, -0.05) is 0 Å². The van der Waals surface area contributed by atoms with Crippen LogP contribution in [-0.2, 0) is 4.74 Å². The van der Waals surface area contributed by atoms with Crippen molar-refractivity contribution < 1.29 is 23.4 Å². The summed E-state index contributed by atoms with van der Waals surface area (Å²) in [4.78, 5) is 26.5. The molecule has 1 aliphatic heterocycles. The number of halogens is 2. The molecule has 2 atom stereocenters. The first-order valence-electron chi connectivity index (χ1n) is 6.00. The van der Waals surface area contributed by atoms with E-state index in [4.69, 9.17) is 21.3 Å². The van der Waals surface area contributed by atoms with Gasteiger partial charge in [-0.2, -0.15) is 4.98 Å². The van der Waals surface area contributed by atoms with E-state index < -0.39 is 36.4 Å². The molecule has 2 unspecified atom stereocenters. The third kappa shape index (κ3) is 2.49. The summed E-state index contributed by atoms with van der Waals surface area (Å²) in [7, 11) is 0. The van der Waals surface area contributed by atoms with E-state index in [0.29, 0.717) is 0 Å². The van der Waals surface area contributed by atoms with Gasteiger partial charge in [0.2, 0.25) is 0 Å². The van der Waals surface area contributed by atoms with Crippen LogP contribution in [0.5, 0.6) is 0 Å². The van der Waals surface area contributed by atoms with Crippen molar-refractivity contribution in [2.75, 3.05) is 12.3 Å². The molecule has 118 valence electrons. The van der Waals surface area contributed by atoms with E-state index in [9.17, 15) is 18.4 Å². The zero-order valence-corrected chi connectivity index (χ0v) is 11.1. The van der Waals surface area contributed by atoms with Crippen molar-refractivity contribution >= 4 is 11.7 Å². The summed E-state index contributed by atoms with van der Waals surface area (Å²) in [5.41, 5.74) is 8.66. The van der Waals surface area contributed by atoms with Crippen LogP contribution in [0.4, 0.5) is 14.6 Å². The second kappa shape index (κ2) is 6.03. The Labute approximate surface area is 122 Å². The summed E-state index contributed by atoms with van der Waals surface area (Å²) < 4.78 is 31.9. The minimum atomic E-state index is -1.41. The van der Waals surface area contributed by atoms with Crippen molar-refractivity contribution in [1.29, 1.82) is 0 Å². The van der Waals surface area contributed by atoms with Gasteiger partial charge in [0.1, 0.15) is 11.9 Å². The molecule has 0 aliphatic carbocycles. The van der Waals surface area contributed by atoms with E-state index in [1.807, 2.05) is 0 Å². The molecule has 8 nitrogen and oxygen atoms in total. The Bertz CT molecular complexity index is 728. The van der Waals surface area contributed by atoms with Crippen LogP contribution < -0.4 is 17.2 Å². The number of carbonyl (C=O) groups excluding carboxylic acids is 1. The standard InChI is InChI=1S/C12H12F2N4O4/c13-1-5-6(2-14)11(22-8(5)4-19)18-3-7(10(16)20)9(15)17-12(18)21/h1-3,8,11,19H,4H2,(H2,16,20)(H2,15,17,21). The molecule has 1 aromatic heterocycles. The Balaban J connectivity index is 2.59. The summed E-state index contributed by atoms with van der Waals surface area (Å²) in [5.74, 6) is -1.35. The topological polar surface area (TPSA) is 133 Å². The van der Waals surface area contributed by atoms with Crippen molar-refractivity contribution in [1.82, 2.24) is 9.55 Å². The fourth-order valence-electron chi connectivity index (χ4n) is 2.08. The van der Waals surface area contributed by atoms with Crippen LogP contribution in [0, 0.1) is 0 Å². The molecular formula is C12H12F2N4O4. The van der Waals surface area contributed by atoms with Gasteiger partial charge in [-0.25, -0.2) is 13.6 Å². The van der Waals surface area contributed by atoms with Gasteiger partial charge in [0, 0.05) is 17.3 Å². The van der Waals surface area contributed by atoms with Crippen molar-refractivity contribution in [3.8, 4) is 0 Å². The van der Waals surface area contributed by atoms with E-state index in [2.05, 4.69) is 4.98 Å². The molecule has 0 saturated carbocycles. The smallest absolute Gasteiger partial charge is 0.351 e. The van der Waals surface area contributed by atoms with Crippen molar-refractivity contribution in [3.05, 3.63) is 46.1 Å². The monoisotopic (exact) mass is 314 g/mol. The summed E-state index contributed by atoms with van der Waals surface area (Å²) in [6.07, 6.45) is -1.53. The molecule has 0 spiro atoms. The highest BCUT2D eigenvalue weighted by molar-refractivity contribution is 5.96. The number of hydrogen-bond acceptors (Lipinski definition) is 6. The molecule has 10 heteroatoms. The minimum Gasteiger partial charge on any atom is -0.393 e. The zero-order valence-electron chi connectivity index (χ0n) is 11.1. The molecule has 5 N–H and O–H groups in total. The average Bonchev–Trinajstić information content (AvgIpc) is 2.84. The third-order valence-electron chi connectivity index (χ3n) is 3.14. The number of amides is 1. The minimum absolute atomic E-state index is 0.0402. The molecule has 1 aromatic rings. The van der Waals surface area contributed by atoms with Gasteiger partial charge in [-0.15, -0.1) is 0 Å². The number of aliphatic hydroxyl groups is 1. The lowest BCUT2D eigenvalue weighted by Crippen LogP contribution is -2.31. The van der Waals surface area contributed by atoms with Gasteiger partial charge in [0.15, 0.2) is 6.23 Å². The lowest BCUT2D eigenvalue weighted by atomic mass is 10.1. The Morgan fingerprint density at radius 2 is 2.09 bits per heavy atom. The Morgan fingerprint density at radius 3 is 2.59 bits per heavy atom. The predicted molar refractivity (Wildman–Crippen MR) is 70.8 cm³/mol. The molecule has 0 radical (unpaired) electrons. The van der Waals surface area contributed by atoms with Crippen LogP contribution >= 0.6 is 0 Å². The highest BCUT2D eigenvalue weighted by atomic mass is 19.1. The lowest BCUT2D eigenvalue weighted by Gasteiger charge is -2.15. The summed E-state index contributed by atoms with van der Waals surface area (Å²) in [6, 6.07) is 0. The van der Waals surface area contributed by atoms with Crippen molar-refractivity contribution in [3.63, 3.8) is 0 Å². The van der Waals surface area contributed by atoms with Crippen LogP contribution in [-0.4, -0.2) is 33.3 Å². The molecule has 1 saturated heterocycles. The Hall–Kier alpha value is -2.59. The quantitative estimate of drug-likeness (QED) is 0.690. The fraction of sp³-hybridized carbons (Fsp3) is 0.250. The fourth-order valence-corrected chi connectivity index (χ4v) is 2.08. The van der Waals surface area contributed by atoms with E-state index in [-0.39, 0.29) is 29.4 Å². The van der Waals surface area contributed by atoms with Gasteiger partial charge in [-0.05, 0) is 0 Å². The molecule has 0 aromatic carbocycles. The second-order valence-corrected chi connectivity index (χ2v) is 4.38. The number of anilines is 1. The number of nitrogens with zero attached hydrogens (tertiary/aromatic N) is 2. The van der Waals surface area contributed by atoms with Crippen LogP contribution in [0.2, 0.25) is 0 Å². The van der Waals surface area contributed by atoms with Gasteiger partial charge < -0.3 is 21.3 Å². The first-order valence-corrected chi connectivity index (χ1v) is 6.00. The van der Waals surface area contributed by atoms with E-state index in [1.165, 1.54) is 0 Å². The number of nitrogen functional groups attached to an aromatic ring is 1. The Morgan fingerprint density at radius 1 is 1.45 bits per heavy atom. The maximum Gasteiger partial charge on any atom is 0.351 e. The first kappa shape index (κ1) is 15.8. The third-order valence-corrected chi connectivity index (χ3v) is 3.14. The summed E-state index contributed by atoms with van der Waals surface area (Å²) >= 11 is 0. The number of carbonyl (C=O) groups is 1. The van der Waals surface area contributed by atoms with E-state index in [0.717, 1.165) is 10.8 Å². The van der Waals surface area contributed by atoms with E-state index in [1.54, 1.807) is 0 Å². The van der Waals surface area contributed by atoms with Crippen LogP contribution in [0.15, 0.2) is 34.8 Å². The Kier molecular flexibility index (Phi) is 4.33. The molecule has 2 rings (SSSR count). The number of ether oxygens (including phenoxy) is 1. The molecule has 2 heterocycles. The van der Waals surface area contributed by atoms with Gasteiger partial charge in [0.05, 0.1) is 24.8 Å². The normalized spacial score (nSPS) is 25.0. The first-order chi connectivity index (χ1) is 10.4. The average molecular weight is 314 g/mol. The second-order valence-electron chi connectivity index (χ2n) is 4.38. The number of rotatable bonds is 3. The number of primary amides is 1. The maximum absolute atomic E-state index is 13.1. The number of aromatic nitrogens is 2. The molecule has 1 amide bonds. The predicted octanol–water partition coefficient (Wildman–Crippen LogP) is -0.479. The molecular weight excluding hydrogens is 302 g/mol. The van der Waals surface area contributed by atoms with Crippen molar-refractivity contribution in [2.45, 2.75) is 12.3 Å². The number of nitrogens with two attached hydrogens (primary N) is 2. The molecule has 1 fully saturated rings. The van der Waals surface area contributed by atoms with Gasteiger partial charge in [-0.3, -0.25) is 9.36 Å². The summed E-state index contributed by atoms with van der Waals surface area (Å²) in [6.45, 7) is -0.635. The molecule has 1 aliphatic rings.